The number of rotatable bonds is 7. The molecule has 0 heterocycles. The third kappa shape index (κ3) is 5.35. The van der Waals surface area contributed by atoms with Crippen molar-refractivity contribution in [2.75, 3.05) is 7.11 Å². The van der Waals surface area contributed by atoms with Crippen molar-refractivity contribution in [2.24, 2.45) is 5.92 Å². The van der Waals surface area contributed by atoms with Gasteiger partial charge in [-0.25, -0.2) is 0 Å². The summed E-state index contributed by atoms with van der Waals surface area (Å²) in [5.41, 5.74) is 1.38. The second-order valence-corrected chi connectivity index (χ2v) is 6.63. The zero-order valence-corrected chi connectivity index (χ0v) is 13.9. The van der Waals surface area contributed by atoms with Gasteiger partial charge in [0, 0.05) is 12.1 Å². The molecule has 0 bridgehead atoms. The summed E-state index contributed by atoms with van der Waals surface area (Å²) in [5.74, 6) is 1.93. The van der Waals surface area contributed by atoms with Gasteiger partial charge in [0.2, 0.25) is 0 Å². The van der Waals surface area contributed by atoms with E-state index < -0.39 is 0 Å². The Hall–Kier alpha value is -1.02. The van der Waals surface area contributed by atoms with E-state index in [9.17, 15) is 0 Å². The summed E-state index contributed by atoms with van der Waals surface area (Å²) in [5, 5.41) is 3.83. The molecule has 118 valence electrons. The van der Waals surface area contributed by atoms with Crippen LogP contribution in [0, 0.1) is 5.92 Å². The van der Waals surface area contributed by atoms with Crippen LogP contribution in [0.25, 0.3) is 0 Å². The van der Waals surface area contributed by atoms with Gasteiger partial charge in [0.15, 0.2) is 0 Å². The molecule has 0 spiro atoms. The summed E-state index contributed by atoms with van der Waals surface area (Å²) in [7, 11) is 1.72. The molecule has 0 amide bonds. The third-order valence-corrected chi connectivity index (χ3v) is 4.76. The van der Waals surface area contributed by atoms with E-state index in [2.05, 4.69) is 43.4 Å². The Kier molecular flexibility index (Phi) is 6.56. The van der Waals surface area contributed by atoms with Crippen LogP contribution < -0.4 is 10.1 Å². The van der Waals surface area contributed by atoms with Crippen molar-refractivity contribution in [1.82, 2.24) is 5.32 Å². The molecule has 1 aliphatic rings. The minimum atomic E-state index is 0.547. The number of nitrogens with one attached hydrogen (secondary N) is 1. The van der Waals surface area contributed by atoms with Crippen molar-refractivity contribution >= 4 is 0 Å². The van der Waals surface area contributed by atoms with Crippen molar-refractivity contribution in [3.8, 4) is 5.75 Å². The average molecular weight is 289 g/mol. The van der Waals surface area contributed by atoms with E-state index in [1.165, 1.54) is 44.1 Å². The van der Waals surface area contributed by atoms with Gasteiger partial charge in [0.1, 0.15) is 5.75 Å². The molecule has 1 aliphatic carbocycles. The molecule has 1 saturated carbocycles. The molecule has 2 nitrogen and oxygen atoms in total. The molecule has 1 N–H and O–H groups in total. The smallest absolute Gasteiger partial charge is 0.118 e. The van der Waals surface area contributed by atoms with E-state index in [0.29, 0.717) is 6.04 Å². The van der Waals surface area contributed by atoms with E-state index in [1.807, 2.05) is 0 Å². The fourth-order valence-electron chi connectivity index (χ4n) is 3.60. The van der Waals surface area contributed by atoms with Gasteiger partial charge in [-0.1, -0.05) is 31.9 Å². The number of benzene rings is 1. The van der Waals surface area contributed by atoms with Crippen LogP contribution in [0.2, 0.25) is 0 Å². The Morgan fingerprint density at radius 1 is 1.14 bits per heavy atom. The quantitative estimate of drug-likeness (QED) is 0.793. The summed E-state index contributed by atoms with van der Waals surface area (Å²) in [6.07, 6.45) is 9.42. The normalized spacial score (nSPS) is 23.8. The largest absolute Gasteiger partial charge is 0.497 e. The molecule has 1 unspecified atom stereocenters. The van der Waals surface area contributed by atoms with Crippen LogP contribution in [0.1, 0.15) is 57.9 Å². The lowest BCUT2D eigenvalue weighted by atomic mass is 9.83. The van der Waals surface area contributed by atoms with Gasteiger partial charge in [-0.15, -0.1) is 0 Å². The van der Waals surface area contributed by atoms with Gasteiger partial charge < -0.3 is 10.1 Å². The van der Waals surface area contributed by atoms with Crippen LogP contribution in [0.5, 0.6) is 5.75 Å². The van der Waals surface area contributed by atoms with Crippen LogP contribution in [0.15, 0.2) is 24.3 Å². The first-order valence-corrected chi connectivity index (χ1v) is 8.60. The molecule has 1 atom stereocenters. The van der Waals surface area contributed by atoms with Gasteiger partial charge in [-0.2, -0.15) is 0 Å². The Morgan fingerprint density at radius 2 is 1.81 bits per heavy atom. The number of hydrogen-bond donors (Lipinski definition) is 1. The van der Waals surface area contributed by atoms with Gasteiger partial charge >= 0.3 is 0 Å². The fourth-order valence-corrected chi connectivity index (χ4v) is 3.60. The van der Waals surface area contributed by atoms with E-state index >= 15 is 0 Å². The van der Waals surface area contributed by atoms with Crippen molar-refractivity contribution in [1.29, 1.82) is 0 Å². The lowest BCUT2D eigenvalue weighted by molar-refractivity contribution is 0.265. The SMILES string of the molecule is CCCC1CCC(NC(C)Cc2ccc(OC)cc2)CC1. The lowest BCUT2D eigenvalue weighted by Crippen LogP contribution is -2.40. The molecular formula is C19H31NO. The predicted molar refractivity (Wildman–Crippen MR) is 89.9 cm³/mol. The van der Waals surface area contributed by atoms with Gasteiger partial charge in [0.25, 0.3) is 0 Å². The molecular weight excluding hydrogens is 258 g/mol. The average Bonchev–Trinajstić information content (AvgIpc) is 2.50. The molecule has 2 heteroatoms. The fraction of sp³-hybridized carbons (Fsp3) is 0.684. The van der Waals surface area contributed by atoms with Crippen LogP contribution in [-0.2, 0) is 6.42 Å². The van der Waals surface area contributed by atoms with Crippen LogP contribution in [-0.4, -0.2) is 19.2 Å². The van der Waals surface area contributed by atoms with Crippen LogP contribution in [0.3, 0.4) is 0 Å². The Labute approximate surface area is 130 Å². The highest BCUT2D eigenvalue weighted by atomic mass is 16.5. The maximum absolute atomic E-state index is 5.21. The molecule has 0 saturated heterocycles. The van der Waals surface area contributed by atoms with E-state index in [-0.39, 0.29) is 0 Å². The summed E-state index contributed by atoms with van der Waals surface area (Å²) in [4.78, 5) is 0. The lowest BCUT2D eigenvalue weighted by Gasteiger charge is -2.31. The highest BCUT2D eigenvalue weighted by molar-refractivity contribution is 5.27. The number of methoxy groups -OCH3 is 1. The Balaban J connectivity index is 1.73. The van der Waals surface area contributed by atoms with Crippen molar-refractivity contribution in [3.05, 3.63) is 29.8 Å². The standard InChI is InChI=1S/C19H31NO/c1-4-5-16-6-10-18(11-7-16)20-15(2)14-17-8-12-19(21-3)13-9-17/h8-9,12-13,15-16,18,20H,4-7,10-11,14H2,1-3H3. The van der Waals surface area contributed by atoms with Crippen LogP contribution >= 0.6 is 0 Å². The molecule has 2 rings (SSSR count). The van der Waals surface area contributed by atoms with Crippen LogP contribution in [0.4, 0.5) is 0 Å². The van der Waals surface area contributed by atoms with E-state index in [1.54, 1.807) is 7.11 Å². The zero-order chi connectivity index (χ0) is 15.1. The molecule has 0 aliphatic heterocycles. The second kappa shape index (κ2) is 8.43. The second-order valence-electron chi connectivity index (χ2n) is 6.63. The van der Waals surface area contributed by atoms with Crippen molar-refractivity contribution in [3.63, 3.8) is 0 Å². The van der Waals surface area contributed by atoms with Gasteiger partial charge in [-0.05, 0) is 62.6 Å². The minimum absolute atomic E-state index is 0.547. The number of hydrogen-bond acceptors (Lipinski definition) is 2. The molecule has 1 aromatic carbocycles. The third-order valence-electron chi connectivity index (χ3n) is 4.76. The van der Waals surface area contributed by atoms with Crippen molar-refractivity contribution < 1.29 is 4.74 Å². The first kappa shape index (κ1) is 16.4. The van der Waals surface area contributed by atoms with Crippen molar-refractivity contribution in [2.45, 2.75) is 70.9 Å². The first-order chi connectivity index (χ1) is 10.2. The monoisotopic (exact) mass is 289 g/mol. The first-order valence-electron chi connectivity index (χ1n) is 8.60. The van der Waals surface area contributed by atoms with E-state index in [4.69, 9.17) is 4.74 Å². The zero-order valence-electron chi connectivity index (χ0n) is 13.9. The molecule has 1 fully saturated rings. The molecule has 21 heavy (non-hydrogen) atoms. The van der Waals surface area contributed by atoms with E-state index in [0.717, 1.165) is 24.1 Å². The van der Waals surface area contributed by atoms with Gasteiger partial charge in [-0.3, -0.25) is 0 Å². The Bertz CT molecular complexity index is 393. The maximum Gasteiger partial charge on any atom is 0.118 e. The molecule has 1 aromatic rings. The topological polar surface area (TPSA) is 21.3 Å². The summed E-state index contributed by atoms with van der Waals surface area (Å²) < 4.78 is 5.21. The number of ether oxygens (including phenoxy) is 1. The highest BCUT2D eigenvalue weighted by Gasteiger charge is 2.21. The summed E-state index contributed by atoms with van der Waals surface area (Å²) >= 11 is 0. The predicted octanol–water partition coefficient (Wildman–Crippen LogP) is 4.57. The maximum atomic E-state index is 5.21. The summed E-state index contributed by atoms with van der Waals surface area (Å²) in [6, 6.07) is 9.73. The molecule has 0 radical (unpaired) electrons. The highest BCUT2D eigenvalue weighted by Crippen LogP contribution is 2.28. The Morgan fingerprint density at radius 3 is 2.38 bits per heavy atom. The summed E-state index contributed by atoms with van der Waals surface area (Å²) in [6.45, 7) is 4.61. The van der Waals surface area contributed by atoms with Gasteiger partial charge in [0.05, 0.1) is 7.11 Å². The minimum Gasteiger partial charge on any atom is -0.497 e. The molecule has 0 aromatic heterocycles.